The predicted octanol–water partition coefficient (Wildman–Crippen LogP) is 2.82. The molecule has 0 radical (unpaired) electrons. The summed E-state index contributed by atoms with van der Waals surface area (Å²) in [4.78, 5) is 9.14. The van der Waals surface area contributed by atoms with Crippen molar-refractivity contribution >= 4 is 5.96 Å². The van der Waals surface area contributed by atoms with E-state index in [0.717, 1.165) is 30.4 Å². The lowest BCUT2D eigenvalue weighted by molar-refractivity contribution is 0.324. The van der Waals surface area contributed by atoms with Crippen LogP contribution in [0.25, 0.3) is 0 Å². The minimum absolute atomic E-state index is 0.465. The van der Waals surface area contributed by atoms with Crippen molar-refractivity contribution in [2.75, 3.05) is 27.9 Å². The van der Waals surface area contributed by atoms with E-state index in [2.05, 4.69) is 39.0 Å². The highest BCUT2D eigenvalue weighted by Gasteiger charge is 2.13. The van der Waals surface area contributed by atoms with Gasteiger partial charge < -0.3 is 29.4 Å². The zero-order valence-electron chi connectivity index (χ0n) is 18.3. The molecular weight excluding hydrogens is 370 g/mol. The molecule has 8 nitrogen and oxygen atoms in total. The van der Waals surface area contributed by atoms with Gasteiger partial charge in [-0.1, -0.05) is 13.8 Å². The van der Waals surface area contributed by atoms with E-state index in [1.165, 1.54) is 0 Å². The van der Waals surface area contributed by atoms with E-state index in [4.69, 9.17) is 14.2 Å². The molecule has 1 aromatic heterocycles. The summed E-state index contributed by atoms with van der Waals surface area (Å²) in [5.41, 5.74) is 0.956. The number of aromatic nitrogens is 2. The molecule has 0 aliphatic carbocycles. The highest BCUT2D eigenvalue weighted by atomic mass is 16.5. The summed E-state index contributed by atoms with van der Waals surface area (Å²) in [6.07, 6.45) is 3.84. The first-order valence-electron chi connectivity index (χ1n) is 9.83. The van der Waals surface area contributed by atoms with Crippen LogP contribution < -0.4 is 24.8 Å². The summed E-state index contributed by atoms with van der Waals surface area (Å²) in [5, 5.41) is 6.63. The lowest BCUT2D eigenvalue weighted by Gasteiger charge is -2.15. The van der Waals surface area contributed by atoms with Gasteiger partial charge in [-0.3, -0.25) is 0 Å². The van der Waals surface area contributed by atoms with E-state index in [1.54, 1.807) is 21.3 Å². The van der Waals surface area contributed by atoms with Gasteiger partial charge in [0.05, 0.1) is 34.4 Å². The van der Waals surface area contributed by atoms with E-state index < -0.39 is 0 Å². The molecule has 8 heteroatoms. The number of nitrogens with zero attached hydrogens (tertiary/aromatic N) is 3. The Labute approximate surface area is 173 Å². The van der Waals surface area contributed by atoms with Crippen molar-refractivity contribution in [3.05, 3.63) is 35.9 Å². The molecule has 0 unspecified atom stereocenters. The standard InChI is InChI=1S/C21H33N5O3/c1-7-22-21(25-13-19-23-8-9-26(19)14-15(2)3)24-12-16-10-17(27-4)20(29-6)18(11-16)28-5/h8-11,15H,7,12-14H2,1-6H3,(H2,22,24,25). The minimum Gasteiger partial charge on any atom is -0.493 e. The van der Waals surface area contributed by atoms with Gasteiger partial charge >= 0.3 is 0 Å². The van der Waals surface area contributed by atoms with Crippen LogP contribution in [-0.2, 0) is 19.6 Å². The molecule has 2 N–H and O–H groups in total. The van der Waals surface area contributed by atoms with E-state index >= 15 is 0 Å². The van der Waals surface area contributed by atoms with Crippen LogP contribution >= 0.6 is 0 Å². The molecule has 0 bridgehead atoms. The molecule has 0 amide bonds. The molecule has 29 heavy (non-hydrogen) atoms. The number of rotatable bonds is 10. The predicted molar refractivity (Wildman–Crippen MR) is 115 cm³/mol. The largest absolute Gasteiger partial charge is 0.493 e. The Morgan fingerprint density at radius 2 is 1.79 bits per heavy atom. The zero-order valence-corrected chi connectivity index (χ0v) is 18.3. The van der Waals surface area contributed by atoms with Crippen LogP contribution in [0.2, 0.25) is 0 Å². The van der Waals surface area contributed by atoms with Gasteiger partial charge in [-0.2, -0.15) is 0 Å². The maximum Gasteiger partial charge on any atom is 0.203 e. The zero-order chi connectivity index (χ0) is 21.2. The van der Waals surface area contributed by atoms with E-state index in [1.807, 2.05) is 31.5 Å². The second kappa shape index (κ2) is 11.2. The van der Waals surface area contributed by atoms with Gasteiger partial charge in [0.25, 0.3) is 0 Å². The molecule has 0 saturated heterocycles. The maximum absolute atomic E-state index is 5.42. The fraction of sp³-hybridized carbons (Fsp3) is 0.524. The van der Waals surface area contributed by atoms with Gasteiger partial charge in [-0.25, -0.2) is 9.98 Å². The molecule has 2 aromatic rings. The topological polar surface area (TPSA) is 81.9 Å². The summed E-state index contributed by atoms with van der Waals surface area (Å²) in [7, 11) is 4.80. The number of nitrogens with one attached hydrogen (secondary N) is 2. The van der Waals surface area contributed by atoms with Crippen molar-refractivity contribution in [3.8, 4) is 17.2 Å². The van der Waals surface area contributed by atoms with Gasteiger partial charge in [0.2, 0.25) is 5.75 Å². The SMILES string of the molecule is CCNC(=NCc1cc(OC)c(OC)c(OC)c1)NCc1nccn1CC(C)C. The molecule has 2 rings (SSSR count). The highest BCUT2D eigenvalue weighted by Crippen LogP contribution is 2.38. The van der Waals surface area contributed by atoms with Gasteiger partial charge in [-0.15, -0.1) is 0 Å². The van der Waals surface area contributed by atoms with Crippen molar-refractivity contribution in [2.45, 2.75) is 40.4 Å². The Morgan fingerprint density at radius 1 is 1.10 bits per heavy atom. The number of guanidine groups is 1. The Bertz CT molecular complexity index is 776. The van der Waals surface area contributed by atoms with Crippen molar-refractivity contribution < 1.29 is 14.2 Å². The molecule has 0 saturated carbocycles. The van der Waals surface area contributed by atoms with E-state index in [0.29, 0.717) is 36.3 Å². The Kier molecular flexibility index (Phi) is 8.64. The number of hydrogen-bond donors (Lipinski definition) is 2. The summed E-state index contributed by atoms with van der Waals surface area (Å²) in [6, 6.07) is 3.81. The highest BCUT2D eigenvalue weighted by molar-refractivity contribution is 5.79. The van der Waals surface area contributed by atoms with Crippen LogP contribution in [0.3, 0.4) is 0 Å². The molecule has 0 spiro atoms. The molecule has 0 atom stereocenters. The quantitative estimate of drug-likeness (QED) is 0.469. The molecule has 0 aliphatic rings. The lowest BCUT2D eigenvalue weighted by atomic mass is 10.2. The normalized spacial score (nSPS) is 11.5. The van der Waals surface area contributed by atoms with Gasteiger partial charge in [0.15, 0.2) is 17.5 Å². The summed E-state index contributed by atoms with van der Waals surface area (Å²) in [6.45, 7) is 9.20. The molecule has 160 valence electrons. The number of benzene rings is 1. The average molecular weight is 404 g/mol. The van der Waals surface area contributed by atoms with Crippen LogP contribution in [0.15, 0.2) is 29.5 Å². The lowest BCUT2D eigenvalue weighted by Crippen LogP contribution is -2.37. The van der Waals surface area contributed by atoms with Crippen molar-refractivity contribution in [2.24, 2.45) is 10.9 Å². The first-order valence-corrected chi connectivity index (χ1v) is 9.83. The molecule has 1 heterocycles. The first-order chi connectivity index (χ1) is 14.0. The van der Waals surface area contributed by atoms with Crippen molar-refractivity contribution in [1.29, 1.82) is 0 Å². The molecule has 0 aliphatic heterocycles. The van der Waals surface area contributed by atoms with Crippen LogP contribution in [0, 0.1) is 5.92 Å². The van der Waals surface area contributed by atoms with Crippen LogP contribution in [-0.4, -0.2) is 43.4 Å². The third-order valence-electron chi connectivity index (χ3n) is 4.27. The number of methoxy groups -OCH3 is 3. The van der Waals surface area contributed by atoms with Gasteiger partial charge in [-0.05, 0) is 30.5 Å². The van der Waals surface area contributed by atoms with Gasteiger partial charge in [0, 0.05) is 25.5 Å². The second-order valence-corrected chi connectivity index (χ2v) is 6.97. The van der Waals surface area contributed by atoms with Crippen LogP contribution in [0.4, 0.5) is 0 Å². The number of aliphatic imine (C=N–C) groups is 1. The molecular formula is C21H33N5O3. The first kappa shape index (κ1) is 22.4. The van der Waals surface area contributed by atoms with E-state index in [-0.39, 0.29) is 0 Å². The number of imidazole rings is 1. The van der Waals surface area contributed by atoms with Crippen LogP contribution in [0.1, 0.15) is 32.2 Å². The summed E-state index contributed by atoms with van der Waals surface area (Å²) in [5.74, 6) is 4.07. The number of hydrogen-bond acceptors (Lipinski definition) is 5. The fourth-order valence-corrected chi connectivity index (χ4v) is 2.97. The molecule has 1 aromatic carbocycles. The second-order valence-electron chi connectivity index (χ2n) is 6.97. The van der Waals surface area contributed by atoms with Crippen molar-refractivity contribution in [3.63, 3.8) is 0 Å². The van der Waals surface area contributed by atoms with Gasteiger partial charge in [0.1, 0.15) is 5.82 Å². The number of ether oxygens (including phenoxy) is 3. The maximum atomic E-state index is 5.42. The Hall–Kier alpha value is -2.90. The Balaban J connectivity index is 2.12. The van der Waals surface area contributed by atoms with E-state index in [9.17, 15) is 0 Å². The molecule has 0 fully saturated rings. The summed E-state index contributed by atoms with van der Waals surface area (Å²) >= 11 is 0. The van der Waals surface area contributed by atoms with Crippen molar-refractivity contribution in [1.82, 2.24) is 20.2 Å². The third-order valence-corrected chi connectivity index (χ3v) is 4.27. The monoisotopic (exact) mass is 403 g/mol. The Morgan fingerprint density at radius 3 is 2.34 bits per heavy atom. The summed E-state index contributed by atoms with van der Waals surface area (Å²) < 4.78 is 18.4. The average Bonchev–Trinajstić information content (AvgIpc) is 3.15. The smallest absolute Gasteiger partial charge is 0.203 e. The van der Waals surface area contributed by atoms with Crippen LogP contribution in [0.5, 0.6) is 17.2 Å². The fourth-order valence-electron chi connectivity index (χ4n) is 2.97. The minimum atomic E-state index is 0.465. The third kappa shape index (κ3) is 6.30.